The van der Waals surface area contributed by atoms with Crippen LogP contribution in [0.4, 0.5) is 28.9 Å². The van der Waals surface area contributed by atoms with Gasteiger partial charge < -0.3 is 26.0 Å². The molecule has 0 radical (unpaired) electrons. The number of nitrogens with two attached hydrogens (primary N) is 2. The first-order valence-electron chi connectivity index (χ1n) is 12.8. The van der Waals surface area contributed by atoms with Crippen molar-refractivity contribution in [2.45, 2.75) is 51.1 Å². The number of carboxylic acid groups (broad SMARTS) is 1. The number of nitrogen functional groups attached to an aromatic ring is 2. The zero-order valence-corrected chi connectivity index (χ0v) is 22.0. The zero-order chi connectivity index (χ0) is 30.0. The van der Waals surface area contributed by atoms with Crippen LogP contribution in [0.3, 0.4) is 0 Å². The fourth-order valence-electron chi connectivity index (χ4n) is 3.93. The van der Waals surface area contributed by atoms with Crippen molar-refractivity contribution in [3.05, 3.63) is 89.0 Å². The number of ether oxygens (including phenoxy) is 2. The Labute approximate surface area is 234 Å². The molecule has 0 saturated carbocycles. The van der Waals surface area contributed by atoms with Crippen LogP contribution in [0.1, 0.15) is 53.6 Å². The number of hydrogen-bond donors (Lipinski definition) is 3. The standard InChI is InChI=1S/C30H30F4N2O5/c31-29(32)30(33,34)41-25-15-10-21(11-16-25)28(39)40-24-13-7-19(8-14-24)17-22(27(37)38)6-4-2-1-3-5-20-9-12-23(35)18-26(20)36/h7-18,29H,1-6,35-36H2,(H,37,38). The van der Waals surface area contributed by atoms with Gasteiger partial charge in [-0.25, -0.2) is 9.59 Å². The minimum absolute atomic E-state index is 0.0215. The topological polar surface area (TPSA) is 125 Å². The lowest BCUT2D eigenvalue weighted by Gasteiger charge is -2.16. The molecule has 0 fully saturated rings. The van der Waals surface area contributed by atoms with Gasteiger partial charge in [-0.15, -0.1) is 0 Å². The Bertz CT molecular complexity index is 1360. The van der Waals surface area contributed by atoms with E-state index in [4.69, 9.17) is 16.2 Å². The van der Waals surface area contributed by atoms with Gasteiger partial charge in [0.1, 0.15) is 11.5 Å². The molecule has 0 aliphatic heterocycles. The van der Waals surface area contributed by atoms with Crippen LogP contribution in [0.5, 0.6) is 11.5 Å². The van der Waals surface area contributed by atoms with Crippen LogP contribution >= 0.6 is 0 Å². The van der Waals surface area contributed by atoms with Crippen molar-refractivity contribution in [1.82, 2.24) is 0 Å². The van der Waals surface area contributed by atoms with Gasteiger partial charge in [-0.2, -0.15) is 17.6 Å². The summed E-state index contributed by atoms with van der Waals surface area (Å²) in [6, 6.07) is 15.7. The van der Waals surface area contributed by atoms with Gasteiger partial charge in [-0.1, -0.05) is 31.0 Å². The molecule has 41 heavy (non-hydrogen) atoms. The number of anilines is 2. The second-order valence-corrected chi connectivity index (χ2v) is 9.29. The number of hydrogen-bond acceptors (Lipinski definition) is 6. The van der Waals surface area contributed by atoms with Gasteiger partial charge in [0.2, 0.25) is 0 Å². The van der Waals surface area contributed by atoms with Gasteiger partial charge in [0.05, 0.1) is 5.56 Å². The highest BCUT2D eigenvalue weighted by Crippen LogP contribution is 2.28. The number of aryl methyl sites for hydroxylation is 1. The number of carboxylic acids is 1. The Morgan fingerprint density at radius 3 is 2.12 bits per heavy atom. The van der Waals surface area contributed by atoms with Crippen molar-refractivity contribution >= 4 is 29.4 Å². The van der Waals surface area contributed by atoms with E-state index in [0.29, 0.717) is 29.8 Å². The molecule has 0 spiro atoms. The van der Waals surface area contributed by atoms with Crippen LogP contribution in [0, 0.1) is 0 Å². The van der Waals surface area contributed by atoms with Crippen molar-refractivity contribution in [1.29, 1.82) is 0 Å². The molecule has 0 aliphatic carbocycles. The second kappa shape index (κ2) is 14.2. The minimum atomic E-state index is -4.66. The number of carbonyl (C=O) groups excluding carboxylic acids is 1. The van der Waals surface area contributed by atoms with E-state index in [1.165, 1.54) is 12.1 Å². The third kappa shape index (κ3) is 9.55. The summed E-state index contributed by atoms with van der Waals surface area (Å²) >= 11 is 0. The van der Waals surface area contributed by atoms with E-state index in [2.05, 4.69) is 4.74 Å². The second-order valence-electron chi connectivity index (χ2n) is 9.29. The molecule has 3 aromatic rings. The molecule has 0 unspecified atom stereocenters. The summed E-state index contributed by atoms with van der Waals surface area (Å²) in [5.74, 6) is -2.21. The fourth-order valence-corrected chi connectivity index (χ4v) is 3.93. The molecule has 0 atom stereocenters. The summed E-state index contributed by atoms with van der Waals surface area (Å²) in [7, 11) is 0. The molecule has 0 bridgehead atoms. The van der Waals surface area contributed by atoms with Gasteiger partial charge in [0, 0.05) is 16.9 Å². The lowest BCUT2D eigenvalue weighted by molar-refractivity contribution is -0.253. The average molecular weight is 575 g/mol. The number of carbonyl (C=O) groups is 2. The number of esters is 1. The molecule has 3 rings (SSSR count). The summed E-state index contributed by atoms with van der Waals surface area (Å²) < 4.78 is 59.7. The van der Waals surface area contributed by atoms with Crippen molar-refractivity contribution in [2.24, 2.45) is 0 Å². The fraction of sp³-hybridized carbons (Fsp3) is 0.267. The van der Waals surface area contributed by atoms with Gasteiger partial charge >= 0.3 is 24.5 Å². The lowest BCUT2D eigenvalue weighted by atomic mass is 10.0. The number of aliphatic carboxylic acids is 1. The van der Waals surface area contributed by atoms with Crippen molar-refractivity contribution in [2.75, 3.05) is 11.5 Å². The predicted molar refractivity (Wildman–Crippen MR) is 147 cm³/mol. The summed E-state index contributed by atoms with van der Waals surface area (Å²) in [6.45, 7) is 0. The maximum Gasteiger partial charge on any atom is 0.461 e. The number of unbranched alkanes of at least 4 members (excludes halogenated alkanes) is 3. The van der Waals surface area contributed by atoms with E-state index < -0.39 is 30.2 Å². The Morgan fingerprint density at radius 1 is 0.878 bits per heavy atom. The first-order chi connectivity index (χ1) is 19.4. The number of rotatable bonds is 14. The molecule has 0 amide bonds. The summed E-state index contributed by atoms with van der Waals surface area (Å²) in [5, 5.41) is 9.60. The SMILES string of the molecule is Nc1ccc(CCCCCCC(=Cc2ccc(OC(=O)c3ccc(OC(F)(F)C(F)F)cc3)cc2)C(=O)O)c(N)c1. The Balaban J connectivity index is 1.48. The van der Waals surface area contributed by atoms with E-state index in [-0.39, 0.29) is 16.9 Å². The van der Waals surface area contributed by atoms with Crippen molar-refractivity contribution in [3.63, 3.8) is 0 Å². The molecule has 5 N–H and O–H groups in total. The first-order valence-corrected chi connectivity index (χ1v) is 12.8. The molecule has 0 aromatic heterocycles. The molecular formula is C30H30F4N2O5. The van der Waals surface area contributed by atoms with E-state index in [1.807, 2.05) is 12.1 Å². The van der Waals surface area contributed by atoms with Gasteiger partial charge in [-0.05, 0) is 91.4 Å². The highest BCUT2D eigenvalue weighted by molar-refractivity contribution is 5.92. The maximum atomic E-state index is 13.0. The number of halogens is 4. The van der Waals surface area contributed by atoms with E-state index in [0.717, 1.165) is 55.5 Å². The molecule has 7 nitrogen and oxygen atoms in total. The number of alkyl halides is 4. The van der Waals surface area contributed by atoms with Crippen LogP contribution in [0.25, 0.3) is 6.08 Å². The molecule has 11 heteroatoms. The monoisotopic (exact) mass is 574 g/mol. The number of benzene rings is 3. The first kappa shape index (κ1) is 31.0. The smallest absolute Gasteiger partial charge is 0.461 e. The van der Waals surface area contributed by atoms with Gasteiger partial charge in [-0.3, -0.25) is 0 Å². The highest BCUT2D eigenvalue weighted by Gasteiger charge is 2.43. The van der Waals surface area contributed by atoms with Gasteiger partial charge in [0.15, 0.2) is 0 Å². The molecule has 0 heterocycles. The van der Waals surface area contributed by atoms with Gasteiger partial charge in [0.25, 0.3) is 0 Å². The largest absolute Gasteiger partial charge is 0.478 e. The molecular weight excluding hydrogens is 544 g/mol. The van der Waals surface area contributed by atoms with Crippen LogP contribution < -0.4 is 20.9 Å². The van der Waals surface area contributed by atoms with Crippen LogP contribution in [0.2, 0.25) is 0 Å². The molecule has 0 saturated heterocycles. The molecule has 0 aliphatic rings. The summed E-state index contributed by atoms with van der Waals surface area (Å²) in [5.41, 5.74) is 14.9. The normalized spacial score (nSPS) is 11.9. The van der Waals surface area contributed by atoms with Crippen LogP contribution in [-0.4, -0.2) is 29.6 Å². The Hall–Kier alpha value is -4.54. The summed E-state index contributed by atoms with van der Waals surface area (Å²) in [4.78, 5) is 24.1. The molecule has 218 valence electrons. The predicted octanol–water partition coefficient (Wildman–Crippen LogP) is 6.97. The quantitative estimate of drug-likeness (QED) is 0.0474. The van der Waals surface area contributed by atoms with Crippen LogP contribution in [-0.2, 0) is 11.2 Å². The third-order valence-electron chi connectivity index (χ3n) is 6.12. The Morgan fingerprint density at radius 2 is 1.51 bits per heavy atom. The highest BCUT2D eigenvalue weighted by atomic mass is 19.3. The van der Waals surface area contributed by atoms with E-state index >= 15 is 0 Å². The van der Waals surface area contributed by atoms with Crippen LogP contribution in [0.15, 0.2) is 72.3 Å². The zero-order valence-electron chi connectivity index (χ0n) is 22.0. The lowest BCUT2D eigenvalue weighted by Crippen LogP contribution is -2.33. The van der Waals surface area contributed by atoms with E-state index in [9.17, 15) is 32.3 Å². The van der Waals surface area contributed by atoms with Crippen molar-refractivity contribution in [3.8, 4) is 11.5 Å². The van der Waals surface area contributed by atoms with Crippen molar-refractivity contribution < 1.29 is 41.7 Å². The van der Waals surface area contributed by atoms with E-state index in [1.54, 1.807) is 24.3 Å². The Kier molecular flexibility index (Phi) is 10.7. The average Bonchev–Trinajstić information content (AvgIpc) is 2.91. The maximum absolute atomic E-state index is 13.0. The molecule has 3 aromatic carbocycles. The minimum Gasteiger partial charge on any atom is -0.478 e. The summed E-state index contributed by atoms with van der Waals surface area (Å²) in [6.07, 6.45) is -2.49. The third-order valence-corrected chi connectivity index (χ3v) is 6.12.